The Hall–Kier alpha value is -1.99. The van der Waals surface area contributed by atoms with Gasteiger partial charge in [0.1, 0.15) is 6.04 Å². The number of sulfonamides is 1. The molecule has 4 unspecified atom stereocenters. The highest BCUT2D eigenvalue weighted by molar-refractivity contribution is 7.92. The van der Waals surface area contributed by atoms with Gasteiger partial charge in [0, 0.05) is 55.6 Å². The minimum absolute atomic E-state index is 0.00356. The molecule has 0 bridgehead atoms. The molecule has 1 aromatic heterocycles. The van der Waals surface area contributed by atoms with Crippen molar-refractivity contribution in [1.82, 2.24) is 24.3 Å². The summed E-state index contributed by atoms with van der Waals surface area (Å²) in [4.78, 5) is 48.2. The number of carbonyl (C=O) groups excluding carboxylic acids is 3. The number of fused-ring (bicyclic) bond motifs is 1. The molecule has 3 amide bonds. The normalized spacial score (nSPS) is 28.4. The van der Waals surface area contributed by atoms with E-state index in [1.165, 1.54) is 22.3 Å². The SMILES string of the molecule is CCN(CC)C(=O)C1CCCN(CC2C3CC3CN2C(=O)CN2CCC[C@H](NS(=O)(=O)C=Cc3ccc(Cl)s3)C2=O)C1. The lowest BCUT2D eigenvalue weighted by Crippen LogP contribution is -2.56. The van der Waals surface area contributed by atoms with Gasteiger partial charge in [-0.05, 0) is 82.5 Å². The van der Waals surface area contributed by atoms with Gasteiger partial charge in [-0.3, -0.25) is 14.4 Å². The fourth-order valence-electron chi connectivity index (χ4n) is 6.85. The lowest BCUT2D eigenvalue weighted by molar-refractivity contribution is -0.144. The predicted octanol–water partition coefficient (Wildman–Crippen LogP) is 2.71. The van der Waals surface area contributed by atoms with Crippen LogP contribution in [-0.4, -0.2) is 110 Å². The van der Waals surface area contributed by atoms with Gasteiger partial charge in [0.15, 0.2) is 0 Å². The highest BCUT2D eigenvalue weighted by Crippen LogP contribution is 2.50. The topological polar surface area (TPSA) is 110 Å². The maximum atomic E-state index is 13.6. The second kappa shape index (κ2) is 13.3. The van der Waals surface area contributed by atoms with Crippen molar-refractivity contribution >= 4 is 56.8 Å². The van der Waals surface area contributed by atoms with Crippen LogP contribution in [-0.2, 0) is 24.4 Å². The van der Waals surface area contributed by atoms with Crippen LogP contribution < -0.4 is 4.72 Å². The Balaban J connectivity index is 1.16. The average molecular weight is 640 g/mol. The average Bonchev–Trinajstić information content (AvgIpc) is 3.47. The van der Waals surface area contributed by atoms with E-state index in [-0.39, 0.29) is 36.2 Å². The summed E-state index contributed by atoms with van der Waals surface area (Å²) in [7, 11) is -3.86. The molecule has 232 valence electrons. The Morgan fingerprint density at radius 1 is 1.14 bits per heavy atom. The van der Waals surface area contributed by atoms with Gasteiger partial charge < -0.3 is 19.6 Å². The Morgan fingerprint density at radius 3 is 2.62 bits per heavy atom. The Kier molecular flexibility index (Phi) is 9.98. The van der Waals surface area contributed by atoms with Gasteiger partial charge in [0.25, 0.3) is 0 Å². The summed E-state index contributed by atoms with van der Waals surface area (Å²) in [5.74, 6) is 0.789. The molecule has 1 N–H and O–H groups in total. The third-order valence-electron chi connectivity index (χ3n) is 9.17. The first-order valence-corrected chi connectivity index (χ1v) is 17.9. The lowest BCUT2D eigenvalue weighted by Gasteiger charge is -2.39. The first-order valence-electron chi connectivity index (χ1n) is 15.1. The van der Waals surface area contributed by atoms with Gasteiger partial charge in [-0.15, -0.1) is 11.3 Å². The molecule has 5 rings (SSSR count). The number of rotatable bonds is 11. The number of carbonyl (C=O) groups is 3. The Labute approximate surface area is 258 Å². The summed E-state index contributed by atoms with van der Waals surface area (Å²) in [5.41, 5.74) is 0. The van der Waals surface area contributed by atoms with E-state index in [1.54, 1.807) is 12.1 Å². The van der Waals surface area contributed by atoms with Crippen LogP contribution in [0.4, 0.5) is 0 Å². The molecule has 1 aromatic rings. The molecule has 4 fully saturated rings. The van der Waals surface area contributed by atoms with E-state index < -0.39 is 16.1 Å². The largest absolute Gasteiger partial charge is 0.343 e. The molecule has 13 heteroatoms. The van der Waals surface area contributed by atoms with Crippen LogP contribution in [0.15, 0.2) is 17.5 Å². The second-order valence-corrected chi connectivity index (χ2v) is 15.3. The quantitative estimate of drug-likeness (QED) is 0.399. The van der Waals surface area contributed by atoms with E-state index in [0.29, 0.717) is 47.0 Å². The van der Waals surface area contributed by atoms with E-state index in [9.17, 15) is 22.8 Å². The van der Waals surface area contributed by atoms with Crippen LogP contribution in [0, 0.1) is 17.8 Å². The summed E-state index contributed by atoms with van der Waals surface area (Å²) in [5, 5.41) is 1.05. The number of hydrogen-bond acceptors (Lipinski definition) is 7. The molecule has 0 spiro atoms. The van der Waals surface area contributed by atoms with Crippen molar-refractivity contribution in [3.05, 3.63) is 26.8 Å². The predicted molar refractivity (Wildman–Crippen MR) is 164 cm³/mol. The molecule has 42 heavy (non-hydrogen) atoms. The molecular weight excluding hydrogens is 598 g/mol. The summed E-state index contributed by atoms with van der Waals surface area (Å²) < 4.78 is 28.4. The monoisotopic (exact) mass is 639 g/mol. The summed E-state index contributed by atoms with van der Waals surface area (Å²) in [6.45, 7) is 8.98. The van der Waals surface area contributed by atoms with E-state index in [1.807, 2.05) is 23.6 Å². The van der Waals surface area contributed by atoms with Gasteiger partial charge in [0.05, 0.1) is 16.8 Å². The second-order valence-electron chi connectivity index (χ2n) is 11.9. The fraction of sp³-hybridized carbons (Fsp3) is 0.690. The molecule has 10 nitrogen and oxygen atoms in total. The van der Waals surface area contributed by atoms with Gasteiger partial charge in [-0.1, -0.05) is 11.6 Å². The van der Waals surface area contributed by atoms with Crippen molar-refractivity contribution in [2.75, 3.05) is 52.4 Å². The molecule has 0 radical (unpaired) electrons. The highest BCUT2D eigenvalue weighted by Gasteiger charge is 2.54. The van der Waals surface area contributed by atoms with Crippen molar-refractivity contribution in [3.63, 3.8) is 0 Å². The number of thiophene rings is 1. The van der Waals surface area contributed by atoms with Crippen molar-refractivity contribution in [3.8, 4) is 0 Å². The third kappa shape index (κ3) is 7.38. The summed E-state index contributed by atoms with van der Waals surface area (Å²) in [6, 6.07) is 2.61. The molecule has 1 aliphatic carbocycles. The van der Waals surface area contributed by atoms with Crippen molar-refractivity contribution in [2.24, 2.45) is 17.8 Å². The van der Waals surface area contributed by atoms with Crippen LogP contribution >= 0.6 is 22.9 Å². The number of nitrogens with zero attached hydrogens (tertiary/aromatic N) is 4. The van der Waals surface area contributed by atoms with Crippen molar-refractivity contribution in [2.45, 2.75) is 58.0 Å². The molecule has 1 saturated carbocycles. The fourth-order valence-corrected chi connectivity index (χ4v) is 8.92. The zero-order valence-corrected chi connectivity index (χ0v) is 26.8. The molecule has 0 aromatic carbocycles. The standard InChI is InChI=1S/C29H42ClN5O5S2/c1-3-33(4-2)28(37)20-7-5-12-32(16-20)18-25-23-15-21(23)17-35(25)27(36)19-34-13-6-8-24(29(34)38)31-42(39,40)14-11-22-9-10-26(30)41-22/h9-11,14,20-21,23-25,31H,3-8,12-13,15-19H2,1-2H3/t20?,21?,23?,24-,25?/m0/s1. The maximum Gasteiger partial charge on any atom is 0.242 e. The van der Waals surface area contributed by atoms with E-state index >= 15 is 0 Å². The van der Waals surface area contributed by atoms with Gasteiger partial charge in [0.2, 0.25) is 27.7 Å². The van der Waals surface area contributed by atoms with Gasteiger partial charge in [-0.25, -0.2) is 8.42 Å². The molecular formula is C29H42ClN5O5S2. The van der Waals surface area contributed by atoms with Crippen LogP contribution in [0.3, 0.4) is 0 Å². The highest BCUT2D eigenvalue weighted by atomic mass is 35.5. The summed E-state index contributed by atoms with van der Waals surface area (Å²) >= 11 is 7.18. The number of hydrogen-bond donors (Lipinski definition) is 1. The van der Waals surface area contributed by atoms with Crippen molar-refractivity contribution < 1.29 is 22.8 Å². The van der Waals surface area contributed by atoms with Gasteiger partial charge in [-0.2, -0.15) is 4.72 Å². The molecule has 4 aliphatic rings. The van der Waals surface area contributed by atoms with Crippen LogP contribution in [0.1, 0.15) is 50.8 Å². The van der Waals surface area contributed by atoms with Crippen LogP contribution in [0.25, 0.3) is 6.08 Å². The lowest BCUT2D eigenvalue weighted by atomic mass is 9.95. The zero-order valence-electron chi connectivity index (χ0n) is 24.4. The third-order valence-corrected chi connectivity index (χ3v) is 11.5. The van der Waals surface area contributed by atoms with E-state index in [2.05, 4.69) is 9.62 Å². The zero-order chi connectivity index (χ0) is 30.0. The number of amides is 3. The molecule has 5 atom stereocenters. The Bertz CT molecular complexity index is 1300. The Morgan fingerprint density at radius 2 is 1.90 bits per heavy atom. The smallest absolute Gasteiger partial charge is 0.242 e. The molecule has 3 aliphatic heterocycles. The summed E-state index contributed by atoms with van der Waals surface area (Å²) in [6.07, 6.45) is 5.47. The minimum Gasteiger partial charge on any atom is -0.343 e. The maximum absolute atomic E-state index is 13.6. The van der Waals surface area contributed by atoms with Crippen LogP contribution in [0.2, 0.25) is 4.34 Å². The van der Waals surface area contributed by atoms with Crippen molar-refractivity contribution in [1.29, 1.82) is 0 Å². The minimum atomic E-state index is -3.86. The molecule has 4 heterocycles. The first-order chi connectivity index (χ1) is 20.1. The van der Waals surface area contributed by atoms with Crippen LogP contribution in [0.5, 0.6) is 0 Å². The van der Waals surface area contributed by atoms with E-state index in [0.717, 1.165) is 57.4 Å². The first kappa shape index (κ1) is 31.4. The van der Waals surface area contributed by atoms with Gasteiger partial charge >= 0.3 is 0 Å². The number of likely N-dealkylation sites (tertiary alicyclic amines) is 3. The van der Waals surface area contributed by atoms with E-state index in [4.69, 9.17) is 11.6 Å². The number of nitrogens with one attached hydrogen (secondary N) is 1. The number of halogens is 1. The molecule has 3 saturated heterocycles. The number of piperidine rings is 3.